The van der Waals surface area contributed by atoms with Crippen molar-refractivity contribution in [2.24, 2.45) is 0 Å². The second kappa shape index (κ2) is 5.11. The summed E-state index contributed by atoms with van der Waals surface area (Å²) in [6.45, 7) is 1.12. The maximum Gasteiger partial charge on any atom is 0.390 e. The van der Waals surface area contributed by atoms with E-state index in [1.807, 2.05) is 4.72 Å². The molecule has 0 aliphatic carbocycles. The van der Waals surface area contributed by atoms with Gasteiger partial charge >= 0.3 is 6.18 Å². The number of hydrogen-bond donors (Lipinski definition) is 2. The third-order valence-electron chi connectivity index (χ3n) is 2.00. The molecule has 3 N–H and O–H groups in total. The van der Waals surface area contributed by atoms with Crippen molar-refractivity contribution in [3.8, 4) is 0 Å². The summed E-state index contributed by atoms with van der Waals surface area (Å²) in [6, 6.07) is -0.0298. The van der Waals surface area contributed by atoms with E-state index >= 15 is 0 Å². The molecule has 0 aliphatic heterocycles. The van der Waals surface area contributed by atoms with Crippen LogP contribution in [0.4, 0.5) is 18.9 Å². The monoisotopic (exact) mass is 283 g/mol. The summed E-state index contributed by atoms with van der Waals surface area (Å²) in [6.07, 6.45) is -3.43. The van der Waals surface area contributed by atoms with Crippen LogP contribution in [-0.2, 0) is 10.0 Å². The minimum Gasteiger partial charge on any atom is -0.398 e. The fourth-order valence-electron chi connectivity index (χ4n) is 1.33. The van der Waals surface area contributed by atoms with Gasteiger partial charge in [-0.05, 0) is 13.0 Å². The van der Waals surface area contributed by atoms with Gasteiger partial charge in [-0.15, -0.1) is 0 Å². The molecule has 1 aromatic rings. The molecule has 0 fully saturated rings. The largest absolute Gasteiger partial charge is 0.398 e. The van der Waals surface area contributed by atoms with Crippen LogP contribution >= 0.6 is 0 Å². The normalized spacial score (nSPS) is 14.4. The Kier molecular flexibility index (Phi) is 4.17. The highest BCUT2D eigenvalue weighted by atomic mass is 32.2. The topological polar surface area (TPSA) is 85.1 Å². The van der Waals surface area contributed by atoms with Gasteiger partial charge in [-0.3, -0.25) is 4.98 Å². The van der Waals surface area contributed by atoms with Gasteiger partial charge in [-0.2, -0.15) is 13.2 Å². The Labute approximate surface area is 102 Å². The number of nitrogens with two attached hydrogens (primary N) is 1. The molecule has 0 amide bonds. The summed E-state index contributed by atoms with van der Waals surface area (Å²) < 4.78 is 61.7. The van der Waals surface area contributed by atoms with Crippen LogP contribution < -0.4 is 10.5 Å². The molecule has 1 heterocycles. The van der Waals surface area contributed by atoms with Crippen LogP contribution in [0.3, 0.4) is 0 Å². The first-order valence-corrected chi connectivity index (χ1v) is 6.39. The number of nitrogens with one attached hydrogen (secondary N) is 1. The molecule has 0 spiro atoms. The van der Waals surface area contributed by atoms with Gasteiger partial charge < -0.3 is 5.73 Å². The number of anilines is 1. The van der Waals surface area contributed by atoms with E-state index in [0.29, 0.717) is 0 Å². The highest BCUT2D eigenvalue weighted by Crippen LogP contribution is 2.23. The first-order valence-electron chi connectivity index (χ1n) is 4.90. The molecule has 1 rings (SSSR count). The molecule has 1 atom stereocenters. The van der Waals surface area contributed by atoms with Crippen molar-refractivity contribution in [2.45, 2.75) is 30.5 Å². The highest BCUT2D eigenvalue weighted by molar-refractivity contribution is 7.89. The van der Waals surface area contributed by atoms with Crippen LogP contribution in [0.25, 0.3) is 0 Å². The number of hydrogen-bond acceptors (Lipinski definition) is 4. The molecule has 0 saturated heterocycles. The number of nitrogen functional groups attached to an aromatic ring is 1. The summed E-state index contributed by atoms with van der Waals surface area (Å²) in [5, 5.41) is 0. The van der Waals surface area contributed by atoms with Crippen LogP contribution in [0.2, 0.25) is 0 Å². The van der Waals surface area contributed by atoms with Gasteiger partial charge in [0, 0.05) is 18.4 Å². The first-order chi connectivity index (χ1) is 8.12. The molecule has 1 unspecified atom stereocenters. The maximum atomic E-state index is 12.1. The van der Waals surface area contributed by atoms with Gasteiger partial charge in [0.1, 0.15) is 4.90 Å². The summed E-state index contributed by atoms with van der Waals surface area (Å²) in [5.74, 6) is 0. The lowest BCUT2D eigenvalue weighted by Crippen LogP contribution is -2.36. The van der Waals surface area contributed by atoms with E-state index in [2.05, 4.69) is 4.98 Å². The second-order valence-corrected chi connectivity index (χ2v) is 5.44. The van der Waals surface area contributed by atoms with Crippen LogP contribution in [0.5, 0.6) is 0 Å². The highest BCUT2D eigenvalue weighted by Gasteiger charge is 2.32. The Morgan fingerprint density at radius 1 is 1.50 bits per heavy atom. The van der Waals surface area contributed by atoms with Crippen molar-refractivity contribution in [3.05, 3.63) is 18.5 Å². The van der Waals surface area contributed by atoms with Gasteiger partial charge in [0.25, 0.3) is 0 Å². The van der Waals surface area contributed by atoms with E-state index in [1.54, 1.807) is 0 Å². The zero-order valence-electron chi connectivity index (χ0n) is 9.40. The van der Waals surface area contributed by atoms with Crippen molar-refractivity contribution in [3.63, 3.8) is 0 Å². The molecule has 0 aliphatic rings. The standard InChI is InChI=1S/C9H12F3N3O2S/c1-6(4-9(10,11)12)15-18(16,17)8-5-14-3-2-7(8)13/h2-3,5-6,15H,4H2,1H3,(H2,13,14). The van der Waals surface area contributed by atoms with E-state index in [4.69, 9.17) is 5.73 Å². The number of sulfonamides is 1. The molecule has 102 valence electrons. The van der Waals surface area contributed by atoms with Gasteiger partial charge in [0.2, 0.25) is 10.0 Å². The summed E-state index contributed by atoms with van der Waals surface area (Å²) >= 11 is 0. The van der Waals surface area contributed by atoms with E-state index in [0.717, 1.165) is 13.1 Å². The first kappa shape index (κ1) is 14.7. The molecule has 0 aromatic carbocycles. The zero-order valence-corrected chi connectivity index (χ0v) is 10.2. The quantitative estimate of drug-likeness (QED) is 0.871. The summed E-state index contributed by atoms with van der Waals surface area (Å²) in [7, 11) is -4.10. The van der Waals surface area contributed by atoms with E-state index in [1.165, 1.54) is 12.3 Å². The molecule has 1 aromatic heterocycles. The number of pyridine rings is 1. The smallest absolute Gasteiger partial charge is 0.390 e. The molecule has 0 radical (unpaired) electrons. The number of halogens is 3. The van der Waals surface area contributed by atoms with Crippen LogP contribution in [-0.4, -0.2) is 25.6 Å². The van der Waals surface area contributed by atoms with Crippen LogP contribution in [0, 0.1) is 0 Å². The van der Waals surface area contributed by atoms with Crippen molar-refractivity contribution < 1.29 is 21.6 Å². The minimum absolute atomic E-state index is 0.0725. The number of aromatic nitrogens is 1. The zero-order chi connectivity index (χ0) is 14.0. The Balaban J connectivity index is 2.87. The van der Waals surface area contributed by atoms with Gasteiger partial charge in [0.15, 0.2) is 0 Å². The fraction of sp³-hybridized carbons (Fsp3) is 0.444. The fourth-order valence-corrected chi connectivity index (χ4v) is 2.65. The third kappa shape index (κ3) is 4.15. The number of alkyl halides is 3. The average molecular weight is 283 g/mol. The summed E-state index contributed by atoms with van der Waals surface area (Å²) in [4.78, 5) is 3.24. The molecule has 5 nitrogen and oxygen atoms in total. The molecular weight excluding hydrogens is 271 g/mol. The van der Waals surface area contributed by atoms with Gasteiger partial charge in [-0.25, -0.2) is 13.1 Å². The lowest BCUT2D eigenvalue weighted by Gasteiger charge is -2.16. The lowest BCUT2D eigenvalue weighted by molar-refractivity contribution is -0.137. The lowest BCUT2D eigenvalue weighted by atomic mass is 10.2. The van der Waals surface area contributed by atoms with Crippen LogP contribution in [0.1, 0.15) is 13.3 Å². The maximum absolute atomic E-state index is 12.1. The Morgan fingerprint density at radius 2 is 2.11 bits per heavy atom. The van der Waals surface area contributed by atoms with Gasteiger partial charge in [-0.1, -0.05) is 0 Å². The molecule has 0 saturated carbocycles. The van der Waals surface area contributed by atoms with Crippen molar-refractivity contribution in [1.29, 1.82) is 0 Å². The van der Waals surface area contributed by atoms with Crippen LogP contribution in [0.15, 0.2) is 23.4 Å². The predicted octanol–water partition coefficient (Wildman–Crippen LogP) is 1.28. The second-order valence-electron chi connectivity index (χ2n) is 3.76. The molecule has 9 heteroatoms. The Morgan fingerprint density at radius 3 is 2.61 bits per heavy atom. The molecule has 0 bridgehead atoms. The Bertz CT molecular complexity index is 516. The molecular formula is C9H12F3N3O2S. The average Bonchev–Trinajstić information content (AvgIpc) is 2.13. The molecule has 18 heavy (non-hydrogen) atoms. The van der Waals surface area contributed by atoms with E-state index < -0.39 is 28.7 Å². The third-order valence-corrected chi connectivity index (χ3v) is 3.63. The van der Waals surface area contributed by atoms with Crippen molar-refractivity contribution >= 4 is 15.7 Å². The van der Waals surface area contributed by atoms with Crippen molar-refractivity contribution in [1.82, 2.24) is 9.71 Å². The van der Waals surface area contributed by atoms with Crippen molar-refractivity contribution in [2.75, 3.05) is 5.73 Å². The summed E-state index contributed by atoms with van der Waals surface area (Å²) in [5.41, 5.74) is 5.36. The number of nitrogens with zero attached hydrogens (tertiary/aromatic N) is 1. The van der Waals surface area contributed by atoms with Gasteiger partial charge in [0.05, 0.1) is 12.1 Å². The number of rotatable bonds is 4. The Hall–Kier alpha value is -1.35. The SMILES string of the molecule is CC(CC(F)(F)F)NS(=O)(=O)c1cnccc1N. The van der Waals surface area contributed by atoms with E-state index in [-0.39, 0.29) is 10.6 Å². The van der Waals surface area contributed by atoms with E-state index in [9.17, 15) is 21.6 Å². The minimum atomic E-state index is -4.44. The predicted molar refractivity (Wildman–Crippen MR) is 59.1 cm³/mol.